The maximum Gasteiger partial charge on any atom is 0.254 e. The Labute approximate surface area is 181 Å². The zero-order valence-electron chi connectivity index (χ0n) is 17.3. The summed E-state index contributed by atoms with van der Waals surface area (Å²) in [6.07, 6.45) is 0.624. The average molecular weight is 434 g/mol. The molecule has 0 bridgehead atoms. The molecule has 0 fully saturated rings. The summed E-state index contributed by atoms with van der Waals surface area (Å²) in [5.41, 5.74) is 3.82. The molecule has 0 aliphatic carbocycles. The number of hydrogen-bond acceptors (Lipinski definition) is 4. The van der Waals surface area contributed by atoms with E-state index in [-0.39, 0.29) is 0 Å². The summed E-state index contributed by atoms with van der Waals surface area (Å²) in [7, 11) is -3.53. The number of aromatic nitrogens is 2. The van der Waals surface area contributed by atoms with Crippen molar-refractivity contribution in [3.05, 3.63) is 95.2 Å². The number of nitrogens with one attached hydrogen (secondary N) is 2. The zero-order valence-corrected chi connectivity index (χ0v) is 18.1. The number of H-pyrrole nitrogens is 1. The standard InChI is InChI=1S/C24H23N3O3S/c1-17(2)16-31(28,29)27-19-10-13-22-23(15-19)26-24(25-22)14-18-8-11-21(12-9-18)30-20-6-4-3-5-7-20/h3-13,15-16,27H,14H2,1-2H3,(H,25,26). The van der Waals surface area contributed by atoms with Gasteiger partial charge in [0, 0.05) is 11.8 Å². The van der Waals surface area contributed by atoms with Gasteiger partial charge in [-0.05, 0) is 61.9 Å². The number of sulfonamides is 1. The number of rotatable bonds is 7. The van der Waals surface area contributed by atoms with Gasteiger partial charge >= 0.3 is 0 Å². The zero-order chi connectivity index (χ0) is 21.8. The number of ether oxygens (including phenoxy) is 1. The molecule has 4 aromatic rings. The first kappa shape index (κ1) is 20.7. The van der Waals surface area contributed by atoms with Gasteiger partial charge in [0.25, 0.3) is 10.0 Å². The number of anilines is 1. The molecule has 0 amide bonds. The quantitative estimate of drug-likeness (QED) is 0.397. The van der Waals surface area contributed by atoms with Crippen molar-refractivity contribution in [2.24, 2.45) is 0 Å². The predicted molar refractivity (Wildman–Crippen MR) is 124 cm³/mol. The van der Waals surface area contributed by atoms with Crippen LogP contribution in [0.1, 0.15) is 25.2 Å². The largest absolute Gasteiger partial charge is 0.457 e. The Morgan fingerprint density at radius 3 is 2.42 bits per heavy atom. The van der Waals surface area contributed by atoms with E-state index in [4.69, 9.17) is 4.74 Å². The number of fused-ring (bicyclic) bond motifs is 1. The second-order valence-corrected chi connectivity index (χ2v) is 9.02. The highest BCUT2D eigenvalue weighted by Gasteiger charge is 2.09. The number of nitrogens with zero attached hydrogens (tertiary/aromatic N) is 1. The van der Waals surface area contributed by atoms with Crippen molar-refractivity contribution in [2.45, 2.75) is 20.3 Å². The van der Waals surface area contributed by atoms with Crippen molar-refractivity contribution in [1.82, 2.24) is 9.97 Å². The Bertz CT molecular complexity index is 1320. The molecule has 0 aliphatic heterocycles. The summed E-state index contributed by atoms with van der Waals surface area (Å²) in [6.45, 7) is 3.48. The van der Waals surface area contributed by atoms with Gasteiger partial charge < -0.3 is 9.72 Å². The molecule has 0 radical (unpaired) electrons. The van der Waals surface area contributed by atoms with Gasteiger partial charge in [-0.15, -0.1) is 0 Å². The molecular weight excluding hydrogens is 410 g/mol. The number of hydrogen-bond donors (Lipinski definition) is 2. The van der Waals surface area contributed by atoms with Gasteiger partial charge in [-0.3, -0.25) is 4.72 Å². The van der Waals surface area contributed by atoms with E-state index in [0.29, 0.717) is 23.2 Å². The molecule has 31 heavy (non-hydrogen) atoms. The Balaban J connectivity index is 1.47. The van der Waals surface area contributed by atoms with E-state index >= 15 is 0 Å². The molecule has 158 valence electrons. The van der Waals surface area contributed by atoms with Crippen LogP contribution in [0.15, 0.2) is 83.8 Å². The van der Waals surface area contributed by atoms with Crippen LogP contribution in [-0.2, 0) is 16.4 Å². The maximum absolute atomic E-state index is 12.1. The van der Waals surface area contributed by atoms with E-state index in [1.165, 1.54) is 5.41 Å². The Morgan fingerprint density at radius 2 is 1.71 bits per heavy atom. The fourth-order valence-electron chi connectivity index (χ4n) is 3.20. The third-order valence-electron chi connectivity index (χ3n) is 4.46. The molecule has 1 heterocycles. The molecule has 7 heteroatoms. The van der Waals surface area contributed by atoms with Crippen molar-refractivity contribution in [3.8, 4) is 11.5 Å². The number of imidazole rings is 1. The lowest BCUT2D eigenvalue weighted by Crippen LogP contribution is -2.09. The molecule has 4 rings (SSSR count). The summed E-state index contributed by atoms with van der Waals surface area (Å²) in [4.78, 5) is 7.90. The summed E-state index contributed by atoms with van der Waals surface area (Å²) in [5.74, 6) is 2.37. The number of aromatic amines is 1. The van der Waals surface area contributed by atoms with Crippen molar-refractivity contribution < 1.29 is 13.2 Å². The Hall–Kier alpha value is -3.58. The van der Waals surface area contributed by atoms with Crippen LogP contribution in [0.4, 0.5) is 5.69 Å². The molecule has 0 aliphatic rings. The minimum absolute atomic E-state index is 0.477. The second kappa shape index (κ2) is 8.65. The monoisotopic (exact) mass is 433 g/mol. The van der Waals surface area contributed by atoms with E-state index in [2.05, 4.69) is 14.7 Å². The van der Waals surface area contributed by atoms with Crippen LogP contribution in [0.2, 0.25) is 0 Å². The first-order chi connectivity index (χ1) is 14.9. The third-order valence-corrected chi connectivity index (χ3v) is 5.76. The molecule has 0 atom stereocenters. The lowest BCUT2D eigenvalue weighted by Gasteiger charge is -2.06. The van der Waals surface area contributed by atoms with Crippen LogP contribution in [-0.4, -0.2) is 18.4 Å². The molecule has 1 aromatic heterocycles. The smallest absolute Gasteiger partial charge is 0.254 e. The van der Waals surface area contributed by atoms with Crippen molar-refractivity contribution in [2.75, 3.05) is 4.72 Å². The molecule has 0 unspecified atom stereocenters. The maximum atomic E-state index is 12.1. The normalized spacial score (nSPS) is 11.3. The minimum atomic E-state index is -3.53. The number of para-hydroxylation sites is 1. The van der Waals surface area contributed by atoms with Crippen LogP contribution in [0.3, 0.4) is 0 Å². The predicted octanol–water partition coefficient (Wildman–Crippen LogP) is 5.61. The summed E-state index contributed by atoms with van der Waals surface area (Å²) in [5, 5.41) is 1.21. The number of benzene rings is 3. The molecule has 0 saturated carbocycles. The highest BCUT2D eigenvalue weighted by atomic mass is 32.2. The van der Waals surface area contributed by atoms with E-state index in [1.54, 1.807) is 26.0 Å². The first-order valence-corrected chi connectivity index (χ1v) is 11.4. The molecule has 3 aromatic carbocycles. The van der Waals surface area contributed by atoms with Crippen LogP contribution < -0.4 is 9.46 Å². The Kier molecular flexibility index (Phi) is 5.77. The van der Waals surface area contributed by atoms with Gasteiger partial charge in [0.15, 0.2) is 0 Å². The highest BCUT2D eigenvalue weighted by Crippen LogP contribution is 2.23. The van der Waals surface area contributed by atoms with Crippen LogP contribution in [0, 0.1) is 0 Å². The topological polar surface area (TPSA) is 84.1 Å². The third kappa shape index (κ3) is 5.52. The van der Waals surface area contributed by atoms with Crippen molar-refractivity contribution in [3.63, 3.8) is 0 Å². The summed E-state index contributed by atoms with van der Waals surface area (Å²) in [6, 6.07) is 22.8. The average Bonchev–Trinajstić information content (AvgIpc) is 3.10. The Morgan fingerprint density at radius 1 is 1.00 bits per heavy atom. The van der Waals surface area contributed by atoms with Gasteiger partial charge in [0.2, 0.25) is 0 Å². The molecule has 6 nitrogen and oxygen atoms in total. The van der Waals surface area contributed by atoms with Gasteiger partial charge in [0.05, 0.1) is 16.7 Å². The molecular formula is C24H23N3O3S. The lowest BCUT2D eigenvalue weighted by atomic mass is 10.1. The van der Waals surface area contributed by atoms with Gasteiger partial charge in [-0.25, -0.2) is 13.4 Å². The van der Waals surface area contributed by atoms with Gasteiger partial charge in [0.1, 0.15) is 17.3 Å². The van der Waals surface area contributed by atoms with Crippen LogP contribution in [0.25, 0.3) is 11.0 Å². The van der Waals surface area contributed by atoms with Crippen molar-refractivity contribution in [1.29, 1.82) is 0 Å². The summed E-state index contributed by atoms with van der Waals surface area (Å²) < 4.78 is 32.6. The minimum Gasteiger partial charge on any atom is -0.457 e. The van der Waals surface area contributed by atoms with E-state index in [0.717, 1.165) is 28.4 Å². The molecule has 0 spiro atoms. The first-order valence-electron chi connectivity index (χ1n) is 9.84. The summed E-state index contributed by atoms with van der Waals surface area (Å²) >= 11 is 0. The van der Waals surface area contributed by atoms with Gasteiger partial charge in [-0.1, -0.05) is 35.9 Å². The molecule has 0 saturated heterocycles. The fraction of sp³-hybridized carbons (Fsp3) is 0.125. The van der Waals surface area contributed by atoms with E-state index < -0.39 is 10.0 Å². The second-order valence-electron chi connectivity index (χ2n) is 7.49. The van der Waals surface area contributed by atoms with Crippen LogP contribution in [0.5, 0.6) is 11.5 Å². The SMILES string of the molecule is CC(C)=CS(=O)(=O)Nc1ccc2[nH]c(Cc3ccc(Oc4ccccc4)cc3)nc2c1. The van der Waals surface area contributed by atoms with Gasteiger partial charge in [-0.2, -0.15) is 0 Å². The van der Waals surface area contributed by atoms with Crippen molar-refractivity contribution >= 4 is 26.7 Å². The fourth-order valence-corrected chi connectivity index (χ4v) is 4.34. The number of allylic oxidation sites excluding steroid dienone is 1. The highest BCUT2D eigenvalue weighted by molar-refractivity contribution is 7.95. The van der Waals surface area contributed by atoms with E-state index in [9.17, 15) is 8.42 Å². The van der Waals surface area contributed by atoms with Crippen LogP contribution >= 0.6 is 0 Å². The lowest BCUT2D eigenvalue weighted by molar-refractivity contribution is 0.482. The van der Waals surface area contributed by atoms with E-state index in [1.807, 2.05) is 60.7 Å². The molecule has 2 N–H and O–H groups in total.